The van der Waals surface area contributed by atoms with Crippen molar-refractivity contribution in [3.63, 3.8) is 0 Å². The summed E-state index contributed by atoms with van der Waals surface area (Å²) in [6.45, 7) is 7.63. The molecule has 0 saturated heterocycles. The Balaban J connectivity index is 3.12. The summed E-state index contributed by atoms with van der Waals surface area (Å²) in [5.74, 6) is 0.570. The van der Waals surface area contributed by atoms with Crippen LogP contribution in [0.15, 0.2) is 6.08 Å². The highest BCUT2D eigenvalue weighted by molar-refractivity contribution is 5.68. The number of hydrogen-bond donors (Lipinski definition) is 2. The van der Waals surface area contributed by atoms with Crippen molar-refractivity contribution in [2.24, 2.45) is 0 Å². The van der Waals surface area contributed by atoms with Gasteiger partial charge >= 0.3 is 0 Å². The summed E-state index contributed by atoms with van der Waals surface area (Å²) in [6.07, 6.45) is 7.27. The molecule has 0 heterocycles. The molecule has 0 fully saturated rings. The fourth-order valence-electron chi connectivity index (χ4n) is 1.87. The molecule has 1 aromatic rings. The largest absolute Gasteiger partial charge is 0.507 e. The number of benzene rings is 1. The molecule has 2 N–H and O–H groups in total. The van der Waals surface area contributed by atoms with Crippen LogP contribution < -0.4 is 0 Å². The van der Waals surface area contributed by atoms with Crippen LogP contribution in [-0.4, -0.2) is 10.2 Å². The van der Waals surface area contributed by atoms with Gasteiger partial charge in [-0.3, -0.25) is 0 Å². The molecule has 0 saturated carbocycles. The van der Waals surface area contributed by atoms with Gasteiger partial charge in [0, 0.05) is 11.1 Å². The first-order chi connectivity index (χ1) is 8.00. The molecule has 1 rings (SSSR count). The Bertz CT molecular complexity index is 402. The Hall–Kier alpha value is -1.44. The standard InChI is InChI=1S/C15H22O2/c1-5-6-7-8-9-13-12(4)14(16)10(2)11(3)15(13)17/h8-9,16-17H,5-7H2,1-4H3/b9-8-. The van der Waals surface area contributed by atoms with E-state index < -0.39 is 0 Å². The maximum absolute atomic E-state index is 10.1. The third-order valence-corrected chi connectivity index (χ3v) is 3.30. The van der Waals surface area contributed by atoms with Crippen LogP contribution in [0.25, 0.3) is 6.08 Å². The van der Waals surface area contributed by atoms with Gasteiger partial charge in [-0.05, 0) is 38.3 Å². The first kappa shape index (κ1) is 13.6. The lowest BCUT2D eigenvalue weighted by Gasteiger charge is -2.13. The Morgan fingerprint density at radius 2 is 1.53 bits per heavy atom. The van der Waals surface area contributed by atoms with Gasteiger partial charge in [-0.1, -0.05) is 31.9 Å². The zero-order valence-corrected chi connectivity index (χ0v) is 11.2. The van der Waals surface area contributed by atoms with Crippen molar-refractivity contribution in [2.75, 3.05) is 0 Å². The van der Waals surface area contributed by atoms with Crippen molar-refractivity contribution in [1.82, 2.24) is 0 Å². The van der Waals surface area contributed by atoms with Crippen LogP contribution in [0.3, 0.4) is 0 Å². The van der Waals surface area contributed by atoms with Gasteiger partial charge < -0.3 is 10.2 Å². The average Bonchev–Trinajstić information content (AvgIpc) is 2.33. The van der Waals surface area contributed by atoms with E-state index >= 15 is 0 Å². The Kier molecular flexibility index (Phi) is 4.62. The van der Waals surface area contributed by atoms with E-state index in [0.29, 0.717) is 0 Å². The van der Waals surface area contributed by atoms with E-state index in [0.717, 1.165) is 41.5 Å². The normalized spacial score (nSPS) is 11.3. The van der Waals surface area contributed by atoms with Crippen molar-refractivity contribution in [2.45, 2.75) is 47.0 Å². The van der Waals surface area contributed by atoms with Crippen LogP contribution in [-0.2, 0) is 0 Å². The fourth-order valence-corrected chi connectivity index (χ4v) is 1.87. The highest BCUT2D eigenvalue weighted by atomic mass is 16.3. The molecule has 0 amide bonds. The third kappa shape index (κ3) is 2.82. The summed E-state index contributed by atoms with van der Waals surface area (Å²) in [5.41, 5.74) is 2.99. The van der Waals surface area contributed by atoms with Gasteiger partial charge in [0.25, 0.3) is 0 Å². The summed E-state index contributed by atoms with van der Waals surface area (Å²) in [6, 6.07) is 0. The summed E-state index contributed by atoms with van der Waals surface area (Å²) < 4.78 is 0. The lowest BCUT2D eigenvalue weighted by atomic mass is 9.97. The summed E-state index contributed by atoms with van der Waals surface area (Å²) in [5, 5.41) is 20.0. The van der Waals surface area contributed by atoms with E-state index in [1.165, 1.54) is 0 Å². The topological polar surface area (TPSA) is 40.5 Å². The lowest BCUT2D eigenvalue weighted by molar-refractivity contribution is 0.448. The maximum Gasteiger partial charge on any atom is 0.126 e. The number of phenolic OH excluding ortho intramolecular Hbond substituents is 2. The predicted molar refractivity (Wildman–Crippen MR) is 72.5 cm³/mol. The molecular formula is C15H22O2. The smallest absolute Gasteiger partial charge is 0.126 e. The van der Waals surface area contributed by atoms with Crippen molar-refractivity contribution in [1.29, 1.82) is 0 Å². The third-order valence-electron chi connectivity index (χ3n) is 3.30. The molecule has 0 aliphatic carbocycles. The first-order valence-electron chi connectivity index (χ1n) is 6.18. The van der Waals surface area contributed by atoms with E-state index in [-0.39, 0.29) is 11.5 Å². The molecule has 0 bridgehead atoms. The minimum atomic E-state index is 0.283. The number of hydrogen-bond acceptors (Lipinski definition) is 2. The molecule has 2 heteroatoms. The zero-order valence-electron chi connectivity index (χ0n) is 11.2. The van der Waals surface area contributed by atoms with Crippen LogP contribution in [0, 0.1) is 20.8 Å². The number of aromatic hydroxyl groups is 2. The molecule has 0 aromatic heterocycles. The van der Waals surface area contributed by atoms with E-state index in [1.54, 1.807) is 0 Å². The van der Waals surface area contributed by atoms with Gasteiger partial charge in [0.05, 0.1) is 0 Å². The van der Waals surface area contributed by atoms with Crippen molar-refractivity contribution < 1.29 is 10.2 Å². The SMILES string of the molecule is CCCC/C=C\c1c(C)c(O)c(C)c(C)c1O. The van der Waals surface area contributed by atoms with Crippen LogP contribution in [0.2, 0.25) is 0 Å². The average molecular weight is 234 g/mol. The zero-order chi connectivity index (χ0) is 13.0. The van der Waals surface area contributed by atoms with Crippen molar-refractivity contribution >= 4 is 6.08 Å². The molecule has 1 aromatic carbocycles. The second-order valence-electron chi connectivity index (χ2n) is 4.53. The molecule has 0 aliphatic rings. The van der Waals surface area contributed by atoms with E-state index in [9.17, 15) is 10.2 Å². The second-order valence-corrected chi connectivity index (χ2v) is 4.53. The Morgan fingerprint density at radius 3 is 2.12 bits per heavy atom. The fraction of sp³-hybridized carbons (Fsp3) is 0.467. The van der Waals surface area contributed by atoms with Gasteiger partial charge in [0.2, 0.25) is 0 Å². The van der Waals surface area contributed by atoms with Gasteiger partial charge in [-0.2, -0.15) is 0 Å². The van der Waals surface area contributed by atoms with Crippen LogP contribution >= 0.6 is 0 Å². The molecule has 0 aliphatic heterocycles. The lowest BCUT2D eigenvalue weighted by Crippen LogP contribution is -1.92. The molecule has 0 spiro atoms. The quantitative estimate of drug-likeness (QED) is 0.604. The van der Waals surface area contributed by atoms with Crippen molar-refractivity contribution in [3.05, 3.63) is 28.3 Å². The van der Waals surface area contributed by atoms with E-state index in [4.69, 9.17) is 0 Å². The van der Waals surface area contributed by atoms with Crippen LogP contribution in [0.1, 0.15) is 48.4 Å². The van der Waals surface area contributed by atoms with Gasteiger partial charge in [-0.15, -0.1) is 0 Å². The Morgan fingerprint density at radius 1 is 0.941 bits per heavy atom. The molecule has 17 heavy (non-hydrogen) atoms. The number of unbranched alkanes of at least 4 members (excludes halogenated alkanes) is 2. The van der Waals surface area contributed by atoms with Crippen molar-refractivity contribution in [3.8, 4) is 11.5 Å². The van der Waals surface area contributed by atoms with Gasteiger partial charge in [0.15, 0.2) is 0 Å². The molecule has 0 atom stereocenters. The highest BCUT2D eigenvalue weighted by Crippen LogP contribution is 2.36. The minimum Gasteiger partial charge on any atom is -0.507 e. The van der Waals surface area contributed by atoms with E-state index in [2.05, 4.69) is 13.0 Å². The molecular weight excluding hydrogens is 212 g/mol. The molecule has 0 unspecified atom stereocenters. The van der Waals surface area contributed by atoms with Crippen LogP contribution in [0.4, 0.5) is 0 Å². The second kappa shape index (κ2) is 5.76. The predicted octanol–water partition coefficient (Wildman–Crippen LogP) is 4.23. The highest BCUT2D eigenvalue weighted by Gasteiger charge is 2.13. The summed E-state index contributed by atoms with van der Waals surface area (Å²) >= 11 is 0. The molecule has 94 valence electrons. The number of phenols is 2. The summed E-state index contributed by atoms with van der Waals surface area (Å²) in [7, 11) is 0. The van der Waals surface area contributed by atoms with Gasteiger partial charge in [0.1, 0.15) is 11.5 Å². The van der Waals surface area contributed by atoms with Gasteiger partial charge in [-0.25, -0.2) is 0 Å². The van der Waals surface area contributed by atoms with E-state index in [1.807, 2.05) is 26.8 Å². The van der Waals surface area contributed by atoms with Crippen LogP contribution in [0.5, 0.6) is 11.5 Å². The number of rotatable bonds is 4. The maximum atomic E-state index is 10.1. The number of allylic oxidation sites excluding steroid dienone is 1. The minimum absolute atomic E-state index is 0.283. The Labute approximate surface area is 104 Å². The molecule has 0 radical (unpaired) electrons. The summed E-state index contributed by atoms with van der Waals surface area (Å²) in [4.78, 5) is 0. The first-order valence-corrected chi connectivity index (χ1v) is 6.18. The monoisotopic (exact) mass is 234 g/mol. The molecule has 2 nitrogen and oxygen atoms in total.